The normalized spacial score (nSPS) is 18.8. The van der Waals surface area contributed by atoms with Crippen molar-refractivity contribution in [1.82, 2.24) is 10.2 Å². The zero-order valence-electron chi connectivity index (χ0n) is 21.9. The zero-order valence-corrected chi connectivity index (χ0v) is 24.0. The van der Waals surface area contributed by atoms with Gasteiger partial charge in [0, 0.05) is 31.5 Å². The fourth-order valence-electron chi connectivity index (χ4n) is 4.46. The summed E-state index contributed by atoms with van der Waals surface area (Å²) in [7, 11) is 3.17. The number of amides is 2. The molecule has 38 heavy (non-hydrogen) atoms. The average Bonchev–Trinajstić information content (AvgIpc) is 2.94. The molecule has 9 nitrogen and oxygen atoms in total. The van der Waals surface area contributed by atoms with Crippen LogP contribution in [0.3, 0.4) is 0 Å². The number of nitrogens with one attached hydrogen (secondary N) is 1. The number of ether oxygens (including phenoxy) is 3. The molecule has 0 saturated heterocycles. The van der Waals surface area contributed by atoms with Gasteiger partial charge in [-0.3, -0.25) is 9.59 Å². The van der Waals surface area contributed by atoms with E-state index in [1.54, 1.807) is 44.3 Å². The number of nitrogens with zero attached hydrogens (tertiary/aromatic N) is 1. The molecule has 3 rings (SSSR count). The molecule has 0 aromatic heterocycles. The first-order valence-corrected chi connectivity index (χ1v) is 13.6. The van der Waals surface area contributed by atoms with Crippen molar-refractivity contribution in [3.05, 3.63) is 63.2 Å². The van der Waals surface area contributed by atoms with Crippen molar-refractivity contribution in [2.75, 3.05) is 33.9 Å². The van der Waals surface area contributed by atoms with Crippen LogP contribution in [0.5, 0.6) is 17.2 Å². The van der Waals surface area contributed by atoms with Crippen molar-refractivity contribution < 1.29 is 34.0 Å². The van der Waals surface area contributed by atoms with Crippen LogP contribution in [-0.2, 0) is 16.0 Å². The third-order valence-corrected chi connectivity index (χ3v) is 7.34. The summed E-state index contributed by atoms with van der Waals surface area (Å²) in [5.41, 5.74) is 1.24. The van der Waals surface area contributed by atoms with Crippen molar-refractivity contribution in [3.63, 3.8) is 0 Å². The summed E-state index contributed by atoms with van der Waals surface area (Å²) < 4.78 is 17.9. The van der Waals surface area contributed by atoms with E-state index in [1.165, 1.54) is 0 Å². The number of carbonyl (C=O) groups is 2. The van der Waals surface area contributed by atoms with E-state index in [9.17, 15) is 14.7 Å². The molecule has 10 heteroatoms. The molecule has 3 N–H and O–H groups in total. The highest BCUT2D eigenvalue weighted by Crippen LogP contribution is 2.31. The minimum Gasteiger partial charge on any atom is -0.497 e. The van der Waals surface area contributed by atoms with E-state index < -0.39 is 18.2 Å². The second-order valence-corrected chi connectivity index (χ2v) is 9.98. The maximum absolute atomic E-state index is 13.2. The minimum absolute atomic E-state index is 0.0960. The molecule has 0 aliphatic heterocycles. The molecule has 0 heterocycles. The summed E-state index contributed by atoms with van der Waals surface area (Å²) in [5, 5.41) is 23.3. The molecule has 1 aliphatic carbocycles. The SMILES string of the molecule is CCC(=O)N(CCc1cc(OC)ccc1OC)[C@@H]1CC(C(=O)NCCO)=C[C@H](Oc2ccccc2I)[C@H]1O. The molecule has 2 amide bonds. The number of aliphatic hydroxyl groups excluding tert-OH is 2. The van der Waals surface area contributed by atoms with E-state index in [0.29, 0.717) is 35.8 Å². The number of hydrogen-bond donors (Lipinski definition) is 3. The van der Waals surface area contributed by atoms with Gasteiger partial charge in [-0.15, -0.1) is 0 Å². The van der Waals surface area contributed by atoms with Crippen molar-refractivity contribution in [2.45, 2.75) is 44.4 Å². The Bertz CT molecular complexity index is 1140. The lowest BCUT2D eigenvalue weighted by molar-refractivity contribution is -0.138. The van der Waals surface area contributed by atoms with Crippen LogP contribution in [0.25, 0.3) is 0 Å². The molecule has 0 radical (unpaired) electrons. The van der Waals surface area contributed by atoms with Crippen molar-refractivity contribution in [3.8, 4) is 17.2 Å². The van der Waals surface area contributed by atoms with Crippen LogP contribution >= 0.6 is 22.6 Å². The molecule has 0 fully saturated rings. The van der Waals surface area contributed by atoms with Gasteiger partial charge in [0.1, 0.15) is 29.5 Å². The Morgan fingerprint density at radius 1 is 1.13 bits per heavy atom. The fraction of sp³-hybridized carbons (Fsp3) is 0.429. The van der Waals surface area contributed by atoms with Crippen LogP contribution in [0.15, 0.2) is 54.1 Å². The first-order valence-electron chi connectivity index (χ1n) is 12.5. The lowest BCUT2D eigenvalue weighted by Gasteiger charge is -2.40. The molecule has 0 unspecified atom stereocenters. The van der Waals surface area contributed by atoms with Gasteiger partial charge in [-0.1, -0.05) is 19.1 Å². The quantitative estimate of drug-likeness (QED) is 0.306. The average molecular weight is 638 g/mol. The van der Waals surface area contributed by atoms with Gasteiger partial charge < -0.3 is 34.6 Å². The van der Waals surface area contributed by atoms with Gasteiger partial charge in [0.05, 0.1) is 30.4 Å². The number of aliphatic hydroxyl groups is 2. The standard InChI is InChI=1S/C28H35IN2O7/c1-4-26(33)31(13-11-18-15-20(36-2)9-10-23(18)37-3)22-16-19(28(35)30-12-14-32)17-25(27(22)34)38-24-8-6-5-7-21(24)29/h5-10,15,17,22,25,27,32,34H,4,11-14,16H2,1-3H3,(H,30,35)/t22-,25+,27+/m1/s1. The fourth-order valence-corrected chi connectivity index (χ4v) is 4.98. The molecule has 3 atom stereocenters. The predicted molar refractivity (Wildman–Crippen MR) is 151 cm³/mol. The summed E-state index contributed by atoms with van der Waals surface area (Å²) in [6.45, 7) is 1.95. The van der Waals surface area contributed by atoms with Gasteiger partial charge in [-0.05, 0) is 71.0 Å². The van der Waals surface area contributed by atoms with E-state index >= 15 is 0 Å². The monoisotopic (exact) mass is 638 g/mol. The second kappa shape index (κ2) is 14.4. The number of rotatable bonds is 12. The molecule has 0 bridgehead atoms. The van der Waals surface area contributed by atoms with Crippen LogP contribution < -0.4 is 19.5 Å². The Morgan fingerprint density at radius 2 is 1.89 bits per heavy atom. The Morgan fingerprint density at radius 3 is 2.55 bits per heavy atom. The van der Waals surface area contributed by atoms with Crippen molar-refractivity contribution >= 4 is 34.4 Å². The topological polar surface area (TPSA) is 118 Å². The Labute approximate surface area is 236 Å². The van der Waals surface area contributed by atoms with E-state index in [0.717, 1.165) is 9.13 Å². The molecule has 2 aromatic carbocycles. The molecule has 2 aromatic rings. The summed E-state index contributed by atoms with van der Waals surface area (Å²) in [6.07, 6.45) is 0.492. The number of para-hydroxylation sites is 1. The van der Waals surface area contributed by atoms with Crippen LogP contribution in [-0.4, -0.2) is 79.1 Å². The smallest absolute Gasteiger partial charge is 0.247 e. The van der Waals surface area contributed by atoms with Gasteiger partial charge in [0.15, 0.2) is 0 Å². The molecule has 0 saturated carbocycles. The first-order chi connectivity index (χ1) is 18.3. The molecule has 0 spiro atoms. The number of halogens is 1. The number of carbonyl (C=O) groups excluding carboxylic acids is 2. The van der Waals surface area contributed by atoms with Gasteiger partial charge >= 0.3 is 0 Å². The highest BCUT2D eigenvalue weighted by molar-refractivity contribution is 14.1. The molecular formula is C28H35IN2O7. The van der Waals surface area contributed by atoms with E-state index in [-0.39, 0.29) is 37.8 Å². The maximum Gasteiger partial charge on any atom is 0.247 e. The number of methoxy groups -OCH3 is 2. The van der Waals surface area contributed by atoms with Gasteiger partial charge in [0.2, 0.25) is 11.8 Å². The largest absolute Gasteiger partial charge is 0.497 e. The minimum atomic E-state index is -1.08. The second-order valence-electron chi connectivity index (χ2n) is 8.81. The zero-order chi connectivity index (χ0) is 27.7. The van der Waals surface area contributed by atoms with Gasteiger partial charge in [-0.2, -0.15) is 0 Å². The third-order valence-electron chi connectivity index (χ3n) is 6.45. The first kappa shape index (κ1) is 29.7. The van der Waals surface area contributed by atoms with E-state index in [2.05, 4.69) is 27.9 Å². The number of benzene rings is 2. The molecular weight excluding hydrogens is 603 g/mol. The van der Waals surface area contributed by atoms with Gasteiger partial charge in [-0.25, -0.2) is 0 Å². The lowest BCUT2D eigenvalue weighted by atomic mass is 9.87. The summed E-state index contributed by atoms with van der Waals surface area (Å²) >= 11 is 2.15. The van der Waals surface area contributed by atoms with Crippen LogP contribution in [0.4, 0.5) is 0 Å². The Hall–Kier alpha value is -2.83. The highest BCUT2D eigenvalue weighted by Gasteiger charge is 2.40. The van der Waals surface area contributed by atoms with E-state index in [1.807, 2.05) is 30.3 Å². The van der Waals surface area contributed by atoms with Crippen LogP contribution in [0.2, 0.25) is 0 Å². The summed E-state index contributed by atoms with van der Waals surface area (Å²) in [4.78, 5) is 27.7. The Kier molecular flexibility index (Phi) is 11.2. The Balaban J connectivity index is 1.93. The third kappa shape index (κ3) is 7.39. The maximum atomic E-state index is 13.2. The van der Waals surface area contributed by atoms with Crippen LogP contribution in [0.1, 0.15) is 25.3 Å². The summed E-state index contributed by atoms with van der Waals surface area (Å²) in [6, 6.07) is 12.2. The van der Waals surface area contributed by atoms with Crippen LogP contribution in [0, 0.1) is 3.57 Å². The molecule has 206 valence electrons. The summed E-state index contributed by atoms with van der Waals surface area (Å²) in [5.74, 6) is 1.39. The predicted octanol–water partition coefficient (Wildman–Crippen LogP) is 2.71. The molecule has 1 aliphatic rings. The lowest BCUT2D eigenvalue weighted by Crippen LogP contribution is -2.55. The van der Waals surface area contributed by atoms with E-state index in [4.69, 9.17) is 19.3 Å². The van der Waals surface area contributed by atoms with Crippen molar-refractivity contribution in [2.24, 2.45) is 0 Å². The highest BCUT2D eigenvalue weighted by atomic mass is 127. The number of hydrogen-bond acceptors (Lipinski definition) is 7. The van der Waals surface area contributed by atoms with Crippen molar-refractivity contribution in [1.29, 1.82) is 0 Å². The van der Waals surface area contributed by atoms with Gasteiger partial charge in [0.25, 0.3) is 0 Å².